The van der Waals surface area contributed by atoms with E-state index in [2.05, 4.69) is 4.98 Å². The Bertz CT molecular complexity index is 488. The van der Waals surface area contributed by atoms with Crippen LogP contribution in [0.3, 0.4) is 0 Å². The molecule has 0 radical (unpaired) electrons. The van der Waals surface area contributed by atoms with Gasteiger partial charge in [-0.2, -0.15) is 0 Å². The minimum absolute atomic E-state index is 0.216. The van der Waals surface area contributed by atoms with E-state index in [9.17, 15) is 4.79 Å². The smallest absolute Gasteiger partial charge is 0.337 e. The summed E-state index contributed by atoms with van der Waals surface area (Å²) in [6.45, 7) is 2.01. The molecular weight excluding hydrogens is 210 g/mol. The maximum absolute atomic E-state index is 10.6. The van der Waals surface area contributed by atoms with Crippen LogP contribution in [-0.2, 0) is 0 Å². The number of hydrogen-bond donors (Lipinski definition) is 1. The number of carboxylic acids is 1. The SMILES string of the molecule is Cc1ccsc1-c1ccc(C(=O)O)cn1. The van der Waals surface area contributed by atoms with Gasteiger partial charge in [-0.25, -0.2) is 4.79 Å². The number of aromatic carboxylic acids is 1. The summed E-state index contributed by atoms with van der Waals surface area (Å²) in [5, 5.41) is 10.7. The minimum atomic E-state index is -0.947. The third kappa shape index (κ3) is 1.89. The Morgan fingerprint density at radius 2 is 2.20 bits per heavy atom. The summed E-state index contributed by atoms with van der Waals surface area (Å²) in [7, 11) is 0. The van der Waals surface area contributed by atoms with Crippen molar-refractivity contribution in [1.29, 1.82) is 0 Å². The molecule has 0 aromatic carbocycles. The van der Waals surface area contributed by atoms with Crippen LogP contribution in [0.2, 0.25) is 0 Å². The Balaban J connectivity index is 2.40. The first-order valence-corrected chi connectivity index (χ1v) is 5.30. The zero-order valence-electron chi connectivity index (χ0n) is 8.10. The number of carboxylic acid groups (broad SMARTS) is 1. The number of aryl methyl sites for hydroxylation is 1. The second-order valence-electron chi connectivity index (χ2n) is 3.17. The average molecular weight is 219 g/mol. The quantitative estimate of drug-likeness (QED) is 0.844. The number of nitrogens with zero attached hydrogens (tertiary/aromatic N) is 1. The number of hydrogen-bond acceptors (Lipinski definition) is 3. The van der Waals surface area contributed by atoms with E-state index < -0.39 is 5.97 Å². The normalized spacial score (nSPS) is 10.2. The van der Waals surface area contributed by atoms with Gasteiger partial charge in [0.15, 0.2) is 0 Å². The van der Waals surface area contributed by atoms with E-state index in [-0.39, 0.29) is 5.56 Å². The third-order valence-electron chi connectivity index (χ3n) is 2.11. The Hall–Kier alpha value is -1.68. The molecular formula is C11H9NO2S. The maximum atomic E-state index is 10.6. The van der Waals surface area contributed by atoms with Gasteiger partial charge >= 0.3 is 5.97 Å². The molecule has 0 unspecified atom stereocenters. The molecule has 2 heterocycles. The van der Waals surface area contributed by atoms with Crippen LogP contribution >= 0.6 is 11.3 Å². The molecule has 0 aliphatic rings. The van der Waals surface area contributed by atoms with Crippen LogP contribution in [0, 0.1) is 6.92 Å². The van der Waals surface area contributed by atoms with E-state index in [0.29, 0.717) is 0 Å². The maximum Gasteiger partial charge on any atom is 0.337 e. The predicted molar refractivity (Wildman–Crippen MR) is 59.2 cm³/mol. The summed E-state index contributed by atoms with van der Waals surface area (Å²) in [6.07, 6.45) is 1.39. The molecule has 3 nitrogen and oxygen atoms in total. The van der Waals surface area contributed by atoms with Gasteiger partial charge in [-0.1, -0.05) is 0 Å². The molecule has 2 aromatic heterocycles. The third-order valence-corrected chi connectivity index (χ3v) is 3.14. The molecule has 0 amide bonds. The van der Waals surface area contributed by atoms with Crippen molar-refractivity contribution >= 4 is 17.3 Å². The molecule has 1 N–H and O–H groups in total. The zero-order valence-corrected chi connectivity index (χ0v) is 8.91. The van der Waals surface area contributed by atoms with E-state index in [4.69, 9.17) is 5.11 Å². The molecule has 0 fully saturated rings. The summed E-state index contributed by atoms with van der Waals surface area (Å²) in [6, 6.07) is 5.33. The molecule has 2 aromatic rings. The zero-order chi connectivity index (χ0) is 10.8. The van der Waals surface area contributed by atoms with Crippen molar-refractivity contribution in [2.45, 2.75) is 6.92 Å². The topological polar surface area (TPSA) is 50.2 Å². The first kappa shape index (κ1) is 9.86. The molecule has 0 saturated heterocycles. The molecule has 0 spiro atoms. The molecule has 0 atom stereocenters. The fourth-order valence-corrected chi connectivity index (χ4v) is 2.19. The van der Waals surface area contributed by atoms with Crippen molar-refractivity contribution in [3.63, 3.8) is 0 Å². The largest absolute Gasteiger partial charge is 0.478 e. The van der Waals surface area contributed by atoms with Gasteiger partial charge in [0, 0.05) is 6.20 Å². The Kier molecular flexibility index (Phi) is 2.51. The summed E-state index contributed by atoms with van der Waals surface area (Å²) in [5.41, 5.74) is 2.20. The summed E-state index contributed by atoms with van der Waals surface area (Å²) < 4.78 is 0. The first-order chi connectivity index (χ1) is 7.18. The van der Waals surface area contributed by atoms with Gasteiger partial charge in [-0.15, -0.1) is 11.3 Å². The summed E-state index contributed by atoms with van der Waals surface area (Å²) in [4.78, 5) is 15.9. The molecule has 2 rings (SSSR count). The Morgan fingerprint density at radius 1 is 1.40 bits per heavy atom. The Morgan fingerprint density at radius 3 is 2.67 bits per heavy atom. The monoisotopic (exact) mass is 219 g/mol. The predicted octanol–water partition coefficient (Wildman–Crippen LogP) is 2.82. The molecule has 0 aliphatic heterocycles. The lowest BCUT2D eigenvalue weighted by molar-refractivity contribution is 0.0696. The van der Waals surface area contributed by atoms with Crippen molar-refractivity contribution in [3.8, 4) is 10.6 Å². The van der Waals surface area contributed by atoms with Gasteiger partial charge in [0.25, 0.3) is 0 Å². The van der Waals surface area contributed by atoms with E-state index >= 15 is 0 Å². The van der Waals surface area contributed by atoms with Crippen LogP contribution in [0.5, 0.6) is 0 Å². The van der Waals surface area contributed by atoms with Gasteiger partial charge in [0.05, 0.1) is 16.1 Å². The second-order valence-corrected chi connectivity index (χ2v) is 4.09. The fourth-order valence-electron chi connectivity index (χ4n) is 1.29. The van der Waals surface area contributed by atoms with Crippen LogP contribution in [-0.4, -0.2) is 16.1 Å². The van der Waals surface area contributed by atoms with Crippen molar-refractivity contribution < 1.29 is 9.90 Å². The summed E-state index contributed by atoms with van der Waals surface area (Å²) >= 11 is 1.61. The van der Waals surface area contributed by atoms with Crippen LogP contribution in [0.15, 0.2) is 29.8 Å². The number of carbonyl (C=O) groups is 1. The highest BCUT2D eigenvalue weighted by molar-refractivity contribution is 7.13. The second kappa shape index (κ2) is 3.82. The van der Waals surface area contributed by atoms with Crippen LogP contribution in [0.1, 0.15) is 15.9 Å². The van der Waals surface area contributed by atoms with E-state index in [1.54, 1.807) is 23.5 Å². The molecule has 0 bridgehead atoms. The van der Waals surface area contributed by atoms with Crippen LogP contribution in [0.25, 0.3) is 10.6 Å². The molecule has 15 heavy (non-hydrogen) atoms. The highest BCUT2D eigenvalue weighted by Gasteiger charge is 2.07. The number of aromatic nitrogens is 1. The number of pyridine rings is 1. The highest BCUT2D eigenvalue weighted by Crippen LogP contribution is 2.27. The molecule has 0 aliphatic carbocycles. The Labute approximate surface area is 91.0 Å². The van der Waals surface area contributed by atoms with Gasteiger partial charge in [-0.3, -0.25) is 4.98 Å². The number of rotatable bonds is 2. The lowest BCUT2D eigenvalue weighted by atomic mass is 10.2. The van der Waals surface area contributed by atoms with Crippen molar-refractivity contribution in [2.24, 2.45) is 0 Å². The van der Waals surface area contributed by atoms with Crippen LogP contribution in [0.4, 0.5) is 0 Å². The minimum Gasteiger partial charge on any atom is -0.478 e. The van der Waals surface area contributed by atoms with Crippen molar-refractivity contribution in [1.82, 2.24) is 4.98 Å². The van der Waals surface area contributed by atoms with Gasteiger partial charge in [-0.05, 0) is 36.1 Å². The standard InChI is InChI=1S/C11H9NO2S/c1-7-4-5-15-10(7)9-3-2-8(6-12-9)11(13)14/h2-6H,1H3,(H,13,14). The molecule has 0 saturated carbocycles. The average Bonchev–Trinajstić information content (AvgIpc) is 2.65. The fraction of sp³-hybridized carbons (Fsp3) is 0.0909. The number of thiophene rings is 1. The van der Waals surface area contributed by atoms with Crippen molar-refractivity contribution in [2.75, 3.05) is 0 Å². The van der Waals surface area contributed by atoms with Gasteiger partial charge < -0.3 is 5.11 Å². The molecule has 76 valence electrons. The lowest BCUT2D eigenvalue weighted by Gasteiger charge is -1.99. The summed E-state index contributed by atoms with van der Waals surface area (Å²) in [5.74, 6) is -0.947. The lowest BCUT2D eigenvalue weighted by Crippen LogP contribution is -1.96. The van der Waals surface area contributed by atoms with Crippen molar-refractivity contribution in [3.05, 3.63) is 40.9 Å². The molecule has 4 heteroatoms. The highest BCUT2D eigenvalue weighted by atomic mass is 32.1. The van der Waals surface area contributed by atoms with Crippen LogP contribution < -0.4 is 0 Å². The van der Waals surface area contributed by atoms with E-state index in [1.165, 1.54) is 6.20 Å². The van der Waals surface area contributed by atoms with Gasteiger partial charge in [0.1, 0.15) is 0 Å². The van der Waals surface area contributed by atoms with E-state index in [1.807, 2.05) is 18.4 Å². The first-order valence-electron chi connectivity index (χ1n) is 4.42. The van der Waals surface area contributed by atoms with E-state index in [0.717, 1.165) is 16.1 Å². The van der Waals surface area contributed by atoms with Gasteiger partial charge in [0.2, 0.25) is 0 Å².